The molecule has 0 aromatic heterocycles. The summed E-state index contributed by atoms with van der Waals surface area (Å²) in [6.45, 7) is 5.19. The topological polar surface area (TPSA) is 47.2 Å². The van der Waals surface area contributed by atoms with E-state index < -0.39 is 0 Å². The maximum absolute atomic E-state index is 12.5. The lowest BCUT2D eigenvalue weighted by Gasteiger charge is -2.35. The van der Waals surface area contributed by atoms with Crippen LogP contribution >= 0.6 is 0 Å². The molecule has 3 aromatic carbocycles. The minimum Gasteiger partial charge on any atom is -0.497 e. The smallest absolute Gasteiger partial charge is 0.275 e. The van der Waals surface area contributed by atoms with Gasteiger partial charge in [0.25, 0.3) is 5.91 Å². The van der Waals surface area contributed by atoms with Crippen LogP contribution in [0.4, 0.5) is 0 Å². The second-order valence-corrected chi connectivity index (χ2v) is 8.46. The van der Waals surface area contributed by atoms with Crippen molar-refractivity contribution in [2.24, 2.45) is 0 Å². The highest BCUT2D eigenvalue weighted by molar-refractivity contribution is 5.76. The minimum atomic E-state index is 0.113. The van der Waals surface area contributed by atoms with Crippen LogP contribution in [0.15, 0.2) is 84.9 Å². The molecule has 3 N–H and O–H groups in total. The Morgan fingerprint density at radius 2 is 1.41 bits per heavy atom. The molecule has 0 unspecified atom stereocenters. The van der Waals surface area contributed by atoms with Gasteiger partial charge in [-0.05, 0) is 17.7 Å². The largest absolute Gasteiger partial charge is 0.497 e. The lowest BCUT2D eigenvalue weighted by Crippen LogP contribution is -3.28. The number of hydrogen-bond acceptors (Lipinski definition) is 2. The lowest BCUT2D eigenvalue weighted by molar-refractivity contribution is -1.02. The third-order valence-corrected chi connectivity index (χ3v) is 6.33. The van der Waals surface area contributed by atoms with Crippen LogP contribution in [-0.2, 0) is 11.3 Å². The van der Waals surface area contributed by atoms with Gasteiger partial charge in [-0.15, -0.1) is 0 Å². The van der Waals surface area contributed by atoms with Gasteiger partial charge in [-0.3, -0.25) is 4.79 Å². The lowest BCUT2D eigenvalue weighted by atomic mass is 9.96. The molecule has 0 bridgehead atoms. The maximum Gasteiger partial charge on any atom is 0.275 e. The van der Waals surface area contributed by atoms with Gasteiger partial charge in [-0.1, -0.05) is 72.8 Å². The van der Waals surface area contributed by atoms with Crippen molar-refractivity contribution in [3.8, 4) is 5.75 Å². The van der Waals surface area contributed by atoms with Crippen molar-refractivity contribution in [1.82, 2.24) is 5.32 Å². The van der Waals surface area contributed by atoms with E-state index in [1.54, 1.807) is 12.0 Å². The first-order valence-electron chi connectivity index (χ1n) is 11.4. The van der Waals surface area contributed by atoms with Gasteiger partial charge < -0.3 is 19.9 Å². The van der Waals surface area contributed by atoms with Gasteiger partial charge in [0.1, 0.15) is 38.0 Å². The van der Waals surface area contributed by atoms with Gasteiger partial charge in [0.2, 0.25) is 0 Å². The molecular weight excluding hydrogens is 398 g/mol. The summed E-state index contributed by atoms with van der Waals surface area (Å²) in [5.74, 6) is 0.941. The molecule has 4 rings (SSSR count). The highest BCUT2D eigenvalue weighted by Crippen LogP contribution is 2.18. The number of benzene rings is 3. The van der Waals surface area contributed by atoms with E-state index in [4.69, 9.17) is 4.74 Å². The Balaban J connectivity index is 1.31. The third-order valence-electron chi connectivity index (χ3n) is 6.33. The molecule has 1 fully saturated rings. The van der Waals surface area contributed by atoms with Crippen LogP contribution in [-0.4, -0.2) is 45.7 Å². The average Bonchev–Trinajstić information content (AvgIpc) is 2.86. The molecule has 1 aliphatic rings. The third kappa shape index (κ3) is 5.75. The predicted molar refractivity (Wildman–Crippen MR) is 126 cm³/mol. The SMILES string of the molecule is COc1ccc(CNC(=O)C[NH+]2CC[NH+](C(c3ccccc3)c3ccccc3)CC2)cc1. The Morgan fingerprint density at radius 3 is 1.94 bits per heavy atom. The molecule has 0 saturated carbocycles. The van der Waals surface area contributed by atoms with Gasteiger partial charge >= 0.3 is 0 Å². The zero-order valence-electron chi connectivity index (χ0n) is 18.7. The van der Waals surface area contributed by atoms with E-state index in [-0.39, 0.29) is 5.91 Å². The van der Waals surface area contributed by atoms with Crippen molar-refractivity contribution in [1.29, 1.82) is 0 Å². The Morgan fingerprint density at radius 1 is 0.844 bits per heavy atom. The molecule has 0 aliphatic carbocycles. The number of nitrogens with one attached hydrogen (secondary N) is 3. The van der Waals surface area contributed by atoms with Crippen molar-refractivity contribution in [2.75, 3.05) is 39.8 Å². The zero-order chi connectivity index (χ0) is 22.2. The summed E-state index contributed by atoms with van der Waals surface area (Å²) in [6, 6.07) is 29.7. The molecule has 166 valence electrons. The van der Waals surface area contributed by atoms with Crippen LogP contribution in [0.3, 0.4) is 0 Å². The van der Waals surface area contributed by atoms with E-state index in [1.807, 2.05) is 24.3 Å². The summed E-state index contributed by atoms with van der Waals surface area (Å²) < 4.78 is 5.18. The Kier molecular flexibility index (Phi) is 7.54. The van der Waals surface area contributed by atoms with E-state index in [1.165, 1.54) is 16.0 Å². The molecule has 3 aromatic rings. The summed E-state index contributed by atoms with van der Waals surface area (Å²) in [6.07, 6.45) is 0. The van der Waals surface area contributed by atoms with Crippen molar-refractivity contribution in [3.05, 3.63) is 102 Å². The Labute approximate surface area is 190 Å². The normalized spacial score (nSPS) is 18.3. The average molecular weight is 432 g/mol. The predicted octanol–water partition coefficient (Wildman–Crippen LogP) is 0.884. The van der Waals surface area contributed by atoms with Crippen LogP contribution in [0.5, 0.6) is 5.75 Å². The highest BCUT2D eigenvalue weighted by Gasteiger charge is 2.32. The fourth-order valence-electron chi connectivity index (χ4n) is 4.58. The maximum atomic E-state index is 12.5. The molecule has 1 heterocycles. The fraction of sp³-hybridized carbons (Fsp3) is 0.296. The van der Waals surface area contributed by atoms with Crippen molar-refractivity contribution in [2.45, 2.75) is 12.6 Å². The number of methoxy groups -OCH3 is 1. The molecule has 1 aliphatic heterocycles. The van der Waals surface area contributed by atoms with Crippen molar-refractivity contribution < 1.29 is 19.3 Å². The van der Waals surface area contributed by atoms with E-state index in [0.717, 1.165) is 37.5 Å². The van der Waals surface area contributed by atoms with Gasteiger partial charge in [0.05, 0.1) is 7.11 Å². The van der Waals surface area contributed by atoms with Gasteiger partial charge in [-0.2, -0.15) is 0 Å². The fourth-order valence-corrected chi connectivity index (χ4v) is 4.58. The first-order chi connectivity index (χ1) is 15.7. The molecule has 5 heteroatoms. The molecule has 32 heavy (non-hydrogen) atoms. The molecule has 0 atom stereocenters. The zero-order valence-corrected chi connectivity index (χ0v) is 18.7. The number of amides is 1. The van der Waals surface area contributed by atoms with Gasteiger partial charge in [0, 0.05) is 17.7 Å². The summed E-state index contributed by atoms with van der Waals surface area (Å²) in [4.78, 5) is 15.4. The highest BCUT2D eigenvalue weighted by atomic mass is 16.5. The van der Waals surface area contributed by atoms with Gasteiger partial charge in [0.15, 0.2) is 6.54 Å². The second-order valence-electron chi connectivity index (χ2n) is 8.46. The van der Waals surface area contributed by atoms with E-state index in [9.17, 15) is 4.79 Å². The van der Waals surface area contributed by atoms with E-state index in [0.29, 0.717) is 19.1 Å². The van der Waals surface area contributed by atoms with Crippen LogP contribution in [0.1, 0.15) is 22.7 Å². The number of carbonyl (C=O) groups is 1. The van der Waals surface area contributed by atoms with Crippen LogP contribution < -0.4 is 19.9 Å². The first-order valence-corrected chi connectivity index (χ1v) is 11.4. The number of piperazine rings is 1. The first kappa shape index (κ1) is 22.1. The van der Waals surface area contributed by atoms with Crippen LogP contribution in [0.25, 0.3) is 0 Å². The molecular formula is C27H33N3O2+2. The Hall–Kier alpha value is -3.15. The second kappa shape index (κ2) is 10.9. The molecule has 1 amide bonds. The summed E-state index contributed by atoms with van der Waals surface area (Å²) >= 11 is 0. The summed E-state index contributed by atoms with van der Waals surface area (Å²) in [5, 5.41) is 3.06. The number of carbonyl (C=O) groups excluding carboxylic acids is 1. The summed E-state index contributed by atoms with van der Waals surface area (Å²) in [7, 11) is 1.66. The van der Waals surface area contributed by atoms with Crippen LogP contribution in [0.2, 0.25) is 0 Å². The van der Waals surface area contributed by atoms with Crippen molar-refractivity contribution >= 4 is 5.91 Å². The van der Waals surface area contributed by atoms with Gasteiger partial charge in [-0.25, -0.2) is 0 Å². The number of ether oxygens (including phenoxy) is 1. The van der Waals surface area contributed by atoms with Crippen molar-refractivity contribution in [3.63, 3.8) is 0 Å². The van der Waals surface area contributed by atoms with E-state index in [2.05, 4.69) is 66.0 Å². The number of hydrogen-bond donors (Lipinski definition) is 3. The summed E-state index contributed by atoms with van der Waals surface area (Å²) in [5.41, 5.74) is 3.79. The standard InChI is InChI=1S/C27H31N3O2/c1-32-25-14-12-22(13-15-25)20-28-26(31)21-29-16-18-30(19-17-29)27(23-8-4-2-5-9-23)24-10-6-3-7-11-24/h2-15,27H,16-21H2,1H3,(H,28,31)/p+2. The Bertz CT molecular complexity index is 929. The molecule has 5 nitrogen and oxygen atoms in total. The number of rotatable bonds is 8. The molecule has 1 saturated heterocycles. The monoisotopic (exact) mass is 431 g/mol. The minimum absolute atomic E-state index is 0.113. The van der Waals surface area contributed by atoms with E-state index >= 15 is 0 Å². The molecule has 0 spiro atoms. The number of quaternary nitrogens is 2. The van der Waals surface area contributed by atoms with Crippen LogP contribution in [0, 0.1) is 0 Å². The quantitative estimate of drug-likeness (QED) is 0.496. The molecule has 0 radical (unpaired) electrons.